The predicted octanol–water partition coefficient (Wildman–Crippen LogP) is 3.40. The summed E-state index contributed by atoms with van der Waals surface area (Å²) in [5.74, 6) is 0.735. The van der Waals surface area contributed by atoms with E-state index in [1.165, 1.54) is 11.4 Å². The van der Waals surface area contributed by atoms with Crippen molar-refractivity contribution in [3.8, 4) is 0 Å². The normalized spacial score (nSPS) is 11.1. The van der Waals surface area contributed by atoms with Gasteiger partial charge in [0.25, 0.3) is 0 Å². The van der Waals surface area contributed by atoms with Crippen molar-refractivity contribution in [2.24, 2.45) is 4.99 Å². The van der Waals surface area contributed by atoms with Gasteiger partial charge in [-0.05, 0) is 41.1 Å². The summed E-state index contributed by atoms with van der Waals surface area (Å²) in [6.07, 6.45) is 4.48. The monoisotopic (exact) mass is 318 g/mol. The topological polar surface area (TPSA) is 29.1 Å². The minimum Gasteiger partial charge on any atom is -0.241 e. The third-order valence-electron chi connectivity index (χ3n) is 2.95. The molecule has 19 heavy (non-hydrogen) atoms. The van der Waals surface area contributed by atoms with Crippen LogP contribution in [0.1, 0.15) is 18.3 Å². The van der Waals surface area contributed by atoms with Gasteiger partial charge in [0, 0.05) is 35.9 Å². The highest BCUT2D eigenvalue weighted by Gasteiger charge is 2.09. The SMILES string of the molecule is CC[n+]1c(C)cccc1CC=Nc1ccc(Br)cn1. The smallest absolute Gasteiger partial charge is 0.186 e. The largest absolute Gasteiger partial charge is 0.241 e. The molecule has 0 amide bonds. The quantitative estimate of drug-likeness (QED) is 0.627. The summed E-state index contributed by atoms with van der Waals surface area (Å²) in [6, 6.07) is 10.2. The van der Waals surface area contributed by atoms with E-state index < -0.39 is 0 Å². The Kier molecular flexibility index (Phi) is 4.80. The van der Waals surface area contributed by atoms with E-state index in [9.17, 15) is 0 Å². The average molecular weight is 319 g/mol. The van der Waals surface area contributed by atoms with Crippen molar-refractivity contribution in [2.75, 3.05) is 0 Å². The maximum Gasteiger partial charge on any atom is 0.186 e. The van der Waals surface area contributed by atoms with Gasteiger partial charge in [0.2, 0.25) is 0 Å². The summed E-state index contributed by atoms with van der Waals surface area (Å²) >= 11 is 3.36. The molecule has 0 saturated carbocycles. The van der Waals surface area contributed by atoms with Gasteiger partial charge in [-0.1, -0.05) is 0 Å². The molecule has 0 unspecified atom stereocenters. The van der Waals surface area contributed by atoms with Crippen LogP contribution in [0.2, 0.25) is 0 Å². The molecule has 98 valence electrons. The summed E-state index contributed by atoms with van der Waals surface area (Å²) in [7, 11) is 0. The summed E-state index contributed by atoms with van der Waals surface area (Å²) in [4.78, 5) is 8.60. The van der Waals surface area contributed by atoms with E-state index in [4.69, 9.17) is 0 Å². The number of nitrogens with zero attached hydrogens (tertiary/aromatic N) is 3. The number of aromatic nitrogens is 2. The Morgan fingerprint density at radius 2 is 2.16 bits per heavy atom. The van der Waals surface area contributed by atoms with Crippen molar-refractivity contribution in [3.05, 3.63) is 52.4 Å². The van der Waals surface area contributed by atoms with Gasteiger partial charge in [-0.2, -0.15) is 4.57 Å². The molecule has 0 N–H and O–H groups in total. The van der Waals surface area contributed by atoms with Crippen molar-refractivity contribution in [1.29, 1.82) is 0 Å². The van der Waals surface area contributed by atoms with Gasteiger partial charge in [0.15, 0.2) is 17.2 Å². The van der Waals surface area contributed by atoms with Crippen LogP contribution in [0.4, 0.5) is 5.82 Å². The first-order valence-electron chi connectivity index (χ1n) is 6.33. The molecule has 2 heterocycles. The molecule has 0 aromatic carbocycles. The average Bonchev–Trinajstić information content (AvgIpc) is 2.41. The molecule has 0 fully saturated rings. The molecule has 0 bridgehead atoms. The number of rotatable bonds is 4. The standard InChI is InChI=1S/C15H17BrN3/c1-3-19-12(2)5-4-6-14(19)9-10-17-15-8-7-13(16)11-18-15/h4-8,10-11H,3,9H2,1-2H3/q+1. The zero-order valence-corrected chi connectivity index (χ0v) is 12.8. The highest BCUT2D eigenvalue weighted by atomic mass is 79.9. The van der Waals surface area contributed by atoms with E-state index in [1.807, 2.05) is 18.3 Å². The Labute approximate surface area is 122 Å². The van der Waals surface area contributed by atoms with Gasteiger partial charge in [-0.15, -0.1) is 0 Å². The van der Waals surface area contributed by atoms with Gasteiger partial charge in [-0.3, -0.25) is 0 Å². The Hall–Kier alpha value is -1.55. The fourth-order valence-corrected chi connectivity index (χ4v) is 2.25. The van der Waals surface area contributed by atoms with E-state index in [0.29, 0.717) is 0 Å². The van der Waals surface area contributed by atoms with Crippen molar-refractivity contribution < 1.29 is 4.57 Å². The van der Waals surface area contributed by atoms with Crippen molar-refractivity contribution in [2.45, 2.75) is 26.8 Å². The van der Waals surface area contributed by atoms with Crippen molar-refractivity contribution >= 4 is 28.0 Å². The lowest BCUT2D eigenvalue weighted by molar-refractivity contribution is -0.705. The van der Waals surface area contributed by atoms with Crippen LogP contribution in [-0.4, -0.2) is 11.2 Å². The zero-order chi connectivity index (χ0) is 13.7. The molecule has 2 rings (SSSR count). The molecule has 0 atom stereocenters. The van der Waals surface area contributed by atoms with Crippen LogP contribution in [0, 0.1) is 6.92 Å². The fourth-order valence-electron chi connectivity index (χ4n) is 2.01. The van der Waals surface area contributed by atoms with Crippen LogP contribution in [-0.2, 0) is 13.0 Å². The number of pyridine rings is 2. The van der Waals surface area contributed by atoms with Crippen LogP contribution in [0.3, 0.4) is 0 Å². The van der Waals surface area contributed by atoms with Crippen LogP contribution in [0.5, 0.6) is 0 Å². The molecule has 0 radical (unpaired) electrons. The highest BCUT2D eigenvalue weighted by molar-refractivity contribution is 9.10. The van der Waals surface area contributed by atoms with Crippen LogP contribution < -0.4 is 4.57 Å². The molecular weight excluding hydrogens is 302 g/mol. The number of aryl methyl sites for hydroxylation is 1. The molecule has 0 aliphatic heterocycles. The molecular formula is C15H17BrN3+. The Balaban J connectivity index is 2.10. The van der Waals surface area contributed by atoms with Crippen LogP contribution in [0.25, 0.3) is 0 Å². The lowest BCUT2D eigenvalue weighted by atomic mass is 10.2. The van der Waals surface area contributed by atoms with Crippen LogP contribution >= 0.6 is 15.9 Å². The minimum absolute atomic E-state index is 0.735. The van der Waals surface area contributed by atoms with Gasteiger partial charge < -0.3 is 0 Å². The first-order valence-corrected chi connectivity index (χ1v) is 7.12. The molecule has 4 heteroatoms. The number of hydrogen-bond donors (Lipinski definition) is 0. The van der Waals surface area contributed by atoms with Gasteiger partial charge in [0.05, 0.1) is 6.42 Å². The number of halogens is 1. The summed E-state index contributed by atoms with van der Waals surface area (Å²) in [6.45, 7) is 5.26. The van der Waals surface area contributed by atoms with Gasteiger partial charge in [0.1, 0.15) is 6.54 Å². The van der Waals surface area contributed by atoms with E-state index in [-0.39, 0.29) is 0 Å². The van der Waals surface area contributed by atoms with Crippen molar-refractivity contribution in [1.82, 2.24) is 4.98 Å². The maximum atomic E-state index is 4.38. The third-order valence-corrected chi connectivity index (χ3v) is 3.42. The van der Waals surface area contributed by atoms with Crippen molar-refractivity contribution in [3.63, 3.8) is 0 Å². The number of hydrogen-bond acceptors (Lipinski definition) is 2. The van der Waals surface area contributed by atoms with E-state index in [0.717, 1.165) is 23.3 Å². The lowest BCUT2D eigenvalue weighted by Gasteiger charge is -2.02. The third kappa shape index (κ3) is 3.70. The molecule has 3 nitrogen and oxygen atoms in total. The second-order valence-corrected chi connectivity index (χ2v) is 5.17. The molecule has 0 aliphatic rings. The van der Waals surface area contributed by atoms with E-state index >= 15 is 0 Å². The highest BCUT2D eigenvalue weighted by Crippen LogP contribution is 2.12. The molecule has 0 saturated heterocycles. The molecule has 0 spiro atoms. The minimum atomic E-state index is 0.735. The Morgan fingerprint density at radius 1 is 1.32 bits per heavy atom. The second kappa shape index (κ2) is 6.57. The summed E-state index contributed by atoms with van der Waals surface area (Å²) < 4.78 is 3.26. The van der Waals surface area contributed by atoms with Gasteiger partial charge in [-0.25, -0.2) is 9.98 Å². The first kappa shape index (κ1) is 13.9. The molecule has 0 aliphatic carbocycles. The second-order valence-electron chi connectivity index (χ2n) is 4.25. The maximum absolute atomic E-state index is 4.38. The Bertz CT molecular complexity index is 576. The predicted molar refractivity (Wildman–Crippen MR) is 80.8 cm³/mol. The van der Waals surface area contributed by atoms with Gasteiger partial charge >= 0.3 is 0 Å². The Morgan fingerprint density at radius 3 is 2.84 bits per heavy atom. The van der Waals surface area contributed by atoms with Crippen LogP contribution in [0.15, 0.2) is 46.0 Å². The fraction of sp³-hybridized carbons (Fsp3) is 0.267. The van der Waals surface area contributed by atoms with E-state index in [2.05, 4.69) is 62.5 Å². The molecule has 2 aromatic heterocycles. The number of aliphatic imine (C=N–C) groups is 1. The summed E-state index contributed by atoms with van der Waals surface area (Å²) in [5.41, 5.74) is 2.54. The first-order chi connectivity index (χ1) is 9.20. The summed E-state index contributed by atoms with van der Waals surface area (Å²) in [5, 5.41) is 0. The zero-order valence-electron chi connectivity index (χ0n) is 11.2. The van der Waals surface area contributed by atoms with E-state index in [1.54, 1.807) is 6.20 Å². The molecule has 2 aromatic rings. The lowest BCUT2D eigenvalue weighted by Crippen LogP contribution is -2.40.